The number of piperidine rings is 1. The van der Waals surface area contributed by atoms with Crippen molar-refractivity contribution in [1.29, 1.82) is 0 Å². The Kier molecular flexibility index (Phi) is 5.12. The van der Waals surface area contributed by atoms with E-state index < -0.39 is 0 Å². The van der Waals surface area contributed by atoms with Gasteiger partial charge in [0.05, 0.1) is 14.2 Å². The van der Waals surface area contributed by atoms with E-state index in [1.807, 2.05) is 6.07 Å². The van der Waals surface area contributed by atoms with Crippen LogP contribution in [0.2, 0.25) is 0 Å². The highest BCUT2D eigenvalue weighted by Gasteiger charge is 2.25. The second-order valence-corrected chi connectivity index (χ2v) is 5.42. The molecule has 0 bridgehead atoms. The van der Waals surface area contributed by atoms with Gasteiger partial charge < -0.3 is 19.7 Å². The summed E-state index contributed by atoms with van der Waals surface area (Å²) in [4.78, 5) is 2.43. The van der Waals surface area contributed by atoms with Crippen molar-refractivity contribution in [3.05, 3.63) is 18.2 Å². The molecule has 1 aromatic rings. The van der Waals surface area contributed by atoms with Crippen molar-refractivity contribution in [1.82, 2.24) is 5.32 Å². The second kappa shape index (κ2) is 6.84. The highest BCUT2D eigenvalue weighted by Crippen LogP contribution is 2.33. The number of nitrogens with zero attached hydrogens (tertiary/aromatic N) is 1. The van der Waals surface area contributed by atoms with Gasteiger partial charge in [0.15, 0.2) is 11.5 Å². The molecule has 1 aliphatic heterocycles. The first kappa shape index (κ1) is 15.0. The number of hydrogen-bond acceptors (Lipinski definition) is 4. The van der Waals surface area contributed by atoms with Gasteiger partial charge in [-0.3, -0.25) is 0 Å². The molecule has 20 heavy (non-hydrogen) atoms. The molecule has 2 rings (SSSR count). The average Bonchev–Trinajstić information content (AvgIpc) is 2.48. The molecule has 0 saturated carbocycles. The maximum Gasteiger partial charge on any atom is 0.162 e. The monoisotopic (exact) mass is 278 g/mol. The standard InChI is InChI=1S/C16H26N2O2/c1-5-17-14-8-9-18(11-12(14)2)13-6-7-15(19-3)16(10-13)20-4/h6-7,10,12,14,17H,5,8-9,11H2,1-4H3. The zero-order valence-electron chi connectivity index (χ0n) is 13.0. The van der Waals surface area contributed by atoms with Gasteiger partial charge in [-0.25, -0.2) is 0 Å². The molecule has 0 aliphatic carbocycles. The van der Waals surface area contributed by atoms with Gasteiger partial charge in [0, 0.05) is 30.9 Å². The Labute approximate surface area is 122 Å². The minimum Gasteiger partial charge on any atom is -0.493 e. The Morgan fingerprint density at radius 2 is 2.00 bits per heavy atom. The fourth-order valence-electron chi connectivity index (χ4n) is 2.97. The van der Waals surface area contributed by atoms with Crippen LogP contribution in [-0.2, 0) is 0 Å². The summed E-state index contributed by atoms with van der Waals surface area (Å²) in [5.74, 6) is 2.23. The summed E-state index contributed by atoms with van der Waals surface area (Å²) in [5, 5.41) is 3.58. The van der Waals surface area contributed by atoms with Crippen molar-refractivity contribution in [3.63, 3.8) is 0 Å². The van der Waals surface area contributed by atoms with Crippen molar-refractivity contribution < 1.29 is 9.47 Å². The summed E-state index contributed by atoms with van der Waals surface area (Å²) in [6.45, 7) is 7.70. The number of anilines is 1. The Morgan fingerprint density at radius 1 is 1.25 bits per heavy atom. The molecule has 1 N–H and O–H groups in total. The maximum absolute atomic E-state index is 5.39. The van der Waals surface area contributed by atoms with Crippen molar-refractivity contribution in [2.45, 2.75) is 26.3 Å². The van der Waals surface area contributed by atoms with Crippen molar-refractivity contribution in [3.8, 4) is 11.5 Å². The molecular weight excluding hydrogens is 252 g/mol. The van der Waals surface area contributed by atoms with E-state index >= 15 is 0 Å². The molecule has 0 aromatic heterocycles. The molecule has 0 amide bonds. The zero-order valence-corrected chi connectivity index (χ0v) is 13.0. The van der Waals surface area contributed by atoms with E-state index in [0.29, 0.717) is 12.0 Å². The fraction of sp³-hybridized carbons (Fsp3) is 0.625. The van der Waals surface area contributed by atoms with Gasteiger partial charge in [-0.2, -0.15) is 0 Å². The van der Waals surface area contributed by atoms with E-state index in [9.17, 15) is 0 Å². The summed E-state index contributed by atoms with van der Waals surface area (Å²) >= 11 is 0. The van der Waals surface area contributed by atoms with Crippen LogP contribution >= 0.6 is 0 Å². The molecule has 4 heteroatoms. The van der Waals surface area contributed by atoms with Crippen molar-refractivity contribution in [2.24, 2.45) is 5.92 Å². The number of benzene rings is 1. The smallest absolute Gasteiger partial charge is 0.162 e. The highest BCUT2D eigenvalue weighted by atomic mass is 16.5. The first-order valence-electron chi connectivity index (χ1n) is 7.40. The Hall–Kier alpha value is -1.42. The maximum atomic E-state index is 5.39. The van der Waals surface area contributed by atoms with Crippen LogP contribution in [0.4, 0.5) is 5.69 Å². The minimum absolute atomic E-state index is 0.636. The van der Waals surface area contributed by atoms with Crippen LogP contribution in [0.5, 0.6) is 11.5 Å². The second-order valence-electron chi connectivity index (χ2n) is 5.42. The Bertz CT molecular complexity index is 436. The van der Waals surface area contributed by atoms with Crippen LogP contribution in [0, 0.1) is 5.92 Å². The van der Waals surface area contributed by atoms with Gasteiger partial charge in [-0.05, 0) is 31.0 Å². The normalized spacial score (nSPS) is 22.7. The topological polar surface area (TPSA) is 33.7 Å². The molecule has 1 heterocycles. The van der Waals surface area contributed by atoms with E-state index in [0.717, 1.165) is 31.1 Å². The van der Waals surface area contributed by atoms with Gasteiger partial charge in [-0.15, -0.1) is 0 Å². The quantitative estimate of drug-likeness (QED) is 0.897. The summed E-state index contributed by atoms with van der Waals surface area (Å²) in [6.07, 6.45) is 1.18. The van der Waals surface area contributed by atoms with E-state index in [-0.39, 0.29) is 0 Å². The lowest BCUT2D eigenvalue weighted by atomic mass is 9.93. The lowest BCUT2D eigenvalue weighted by Crippen LogP contribution is -2.48. The molecule has 1 fully saturated rings. The molecule has 4 nitrogen and oxygen atoms in total. The SMILES string of the molecule is CCNC1CCN(c2ccc(OC)c(OC)c2)CC1C. The van der Waals surface area contributed by atoms with Gasteiger partial charge in [0.1, 0.15) is 0 Å². The molecule has 2 atom stereocenters. The van der Waals surface area contributed by atoms with Gasteiger partial charge >= 0.3 is 0 Å². The third kappa shape index (κ3) is 3.18. The summed E-state index contributed by atoms with van der Waals surface area (Å²) < 4.78 is 10.7. The largest absolute Gasteiger partial charge is 0.493 e. The summed E-state index contributed by atoms with van der Waals surface area (Å²) in [6, 6.07) is 6.80. The number of methoxy groups -OCH3 is 2. The molecule has 2 unspecified atom stereocenters. The summed E-state index contributed by atoms with van der Waals surface area (Å²) in [5.41, 5.74) is 1.21. The van der Waals surface area contributed by atoms with E-state index in [2.05, 4.69) is 36.2 Å². The van der Waals surface area contributed by atoms with Crippen molar-refractivity contribution >= 4 is 5.69 Å². The fourth-order valence-corrected chi connectivity index (χ4v) is 2.97. The third-order valence-corrected chi connectivity index (χ3v) is 4.10. The number of nitrogens with one attached hydrogen (secondary N) is 1. The van der Waals surface area contributed by atoms with Crippen LogP contribution in [0.1, 0.15) is 20.3 Å². The number of rotatable bonds is 5. The van der Waals surface area contributed by atoms with E-state index in [4.69, 9.17) is 9.47 Å². The van der Waals surface area contributed by atoms with E-state index in [1.165, 1.54) is 12.1 Å². The van der Waals surface area contributed by atoms with Crippen LogP contribution in [-0.4, -0.2) is 39.9 Å². The predicted molar refractivity (Wildman–Crippen MR) is 83.0 cm³/mol. The summed E-state index contributed by atoms with van der Waals surface area (Å²) in [7, 11) is 3.35. The lowest BCUT2D eigenvalue weighted by Gasteiger charge is -2.38. The molecule has 0 spiro atoms. The van der Waals surface area contributed by atoms with Gasteiger partial charge in [0.2, 0.25) is 0 Å². The Morgan fingerprint density at radius 3 is 2.60 bits per heavy atom. The van der Waals surface area contributed by atoms with Crippen LogP contribution in [0.15, 0.2) is 18.2 Å². The first-order chi connectivity index (χ1) is 9.69. The van der Waals surface area contributed by atoms with Gasteiger partial charge in [-0.1, -0.05) is 13.8 Å². The predicted octanol–water partition coefficient (Wildman–Crippen LogP) is 2.53. The van der Waals surface area contributed by atoms with Crippen LogP contribution < -0.4 is 19.7 Å². The van der Waals surface area contributed by atoms with E-state index in [1.54, 1.807) is 14.2 Å². The number of hydrogen-bond donors (Lipinski definition) is 1. The van der Waals surface area contributed by atoms with Crippen molar-refractivity contribution in [2.75, 3.05) is 38.8 Å². The van der Waals surface area contributed by atoms with Crippen LogP contribution in [0.25, 0.3) is 0 Å². The zero-order chi connectivity index (χ0) is 14.5. The third-order valence-electron chi connectivity index (χ3n) is 4.10. The molecule has 112 valence electrons. The minimum atomic E-state index is 0.636. The molecular formula is C16H26N2O2. The molecule has 1 saturated heterocycles. The first-order valence-corrected chi connectivity index (χ1v) is 7.40. The van der Waals surface area contributed by atoms with Crippen LogP contribution in [0.3, 0.4) is 0 Å². The van der Waals surface area contributed by atoms with Gasteiger partial charge in [0.25, 0.3) is 0 Å². The average molecular weight is 278 g/mol. The molecule has 1 aliphatic rings. The highest BCUT2D eigenvalue weighted by molar-refractivity contribution is 5.56. The molecule has 1 aromatic carbocycles. The number of ether oxygens (including phenoxy) is 2. The molecule has 0 radical (unpaired) electrons. The lowest BCUT2D eigenvalue weighted by molar-refractivity contribution is 0.326. The Balaban J connectivity index is 2.09.